The number of oxime groups is 1. The molecule has 0 radical (unpaired) electrons. The Balaban J connectivity index is 2.48. The number of ether oxygens (including phenoxy) is 3. The highest BCUT2D eigenvalue weighted by atomic mass is 16.5. The Hall–Kier alpha value is -1.75. The molecule has 0 unspecified atom stereocenters. The molecular formula is C16H25NO4. The van der Waals surface area contributed by atoms with Gasteiger partial charge in [0.1, 0.15) is 6.61 Å². The van der Waals surface area contributed by atoms with E-state index in [4.69, 9.17) is 19.4 Å². The Morgan fingerprint density at radius 1 is 1.19 bits per heavy atom. The lowest BCUT2D eigenvalue weighted by atomic mass is 10.1. The minimum absolute atomic E-state index is 0.473. The van der Waals surface area contributed by atoms with Gasteiger partial charge < -0.3 is 19.4 Å². The lowest BCUT2D eigenvalue weighted by molar-refractivity contribution is 0.0916. The Kier molecular flexibility index (Phi) is 7.61. The van der Waals surface area contributed by atoms with Crippen LogP contribution in [0.25, 0.3) is 0 Å². The maximum Gasteiger partial charge on any atom is 0.161 e. The van der Waals surface area contributed by atoms with Gasteiger partial charge in [0.05, 0.1) is 19.4 Å². The van der Waals surface area contributed by atoms with E-state index >= 15 is 0 Å². The second-order valence-electron chi connectivity index (χ2n) is 5.19. The minimum Gasteiger partial charge on any atom is -0.493 e. The molecule has 0 saturated carbocycles. The van der Waals surface area contributed by atoms with Crippen LogP contribution in [0.3, 0.4) is 0 Å². The third-order valence-electron chi connectivity index (χ3n) is 3.06. The third-order valence-corrected chi connectivity index (χ3v) is 3.06. The molecule has 0 aliphatic rings. The second kappa shape index (κ2) is 9.23. The normalized spacial score (nSPS) is 11.8. The van der Waals surface area contributed by atoms with E-state index in [1.54, 1.807) is 26.2 Å². The molecule has 118 valence electrons. The molecule has 0 amide bonds. The molecule has 0 spiro atoms. The SMILES string of the molecule is COc1cc(C(C)=NO)ccc1OCCOCCC(C)C. The molecule has 0 fully saturated rings. The second-order valence-corrected chi connectivity index (χ2v) is 5.19. The summed E-state index contributed by atoms with van der Waals surface area (Å²) in [5.74, 6) is 1.91. The Bertz CT molecular complexity index is 458. The van der Waals surface area contributed by atoms with Crippen LogP contribution in [0, 0.1) is 5.92 Å². The van der Waals surface area contributed by atoms with Crippen LogP contribution < -0.4 is 9.47 Å². The summed E-state index contributed by atoms with van der Waals surface area (Å²) >= 11 is 0. The average molecular weight is 295 g/mol. The zero-order chi connectivity index (χ0) is 15.7. The first kappa shape index (κ1) is 17.3. The monoisotopic (exact) mass is 295 g/mol. The molecule has 0 atom stereocenters. The summed E-state index contributed by atoms with van der Waals surface area (Å²) in [7, 11) is 1.58. The molecule has 0 saturated heterocycles. The average Bonchev–Trinajstić information content (AvgIpc) is 2.49. The van der Waals surface area contributed by atoms with Crippen molar-refractivity contribution in [3.05, 3.63) is 23.8 Å². The number of rotatable bonds is 9. The maximum absolute atomic E-state index is 8.78. The maximum atomic E-state index is 8.78. The van der Waals surface area contributed by atoms with Crippen LogP contribution in [-0.4, -0.2) is 37.8 Å². The van der Waals surface area contributed by atoms with Gasteiger partial charge in [-0.2, -0.15) is 0 Å². The molecule has 0 aliphatic carbocycles. The Morgan fingerprint density at radius 2 is 1.95 bits per heavy atom. The van der Waals surface area contributed by atoms with Crippen LogP contribution in [0.2, 0.25) is 0 Å². The number of hydrogen-bond acceptors (Lipinski definition) is 5. The summed E-state index contributed by atoms with van der Waals surface area (Å²) in [4.78, 5) is 0. The number of benzene rings is 1. The molecule has 5 nitrogen and oxygen atoms in total. The standard InChI is InChI=1S/C16H25NO4/c1-12(2)7-8-20-9-10-21-15-6-5-14(13(3)17-18)11-16(15)19-4/h5-6,11-12,18H,7-10H2,1-4H3. The van der Waals surface area contributed by atoms with Crippen molar-refractivity contribution in [1.82, 2.24) is 0 Å². The lowest BCUT2D eigenvalue weighted by Gasteiger charge is -2.12. The number of methoxy groups -OCH3 is 1. The van der Waals surface area contributed by atoms with E-state index in [1.807, 2.05) is 6.07 Å². The fourth-order valence-electron chi connectivity index (χ4n) is 1.70. The van der Waals surface area contributed by atoms with Gasteiger partial charge in [0.15, 0.2) is 11.5 Å². The first-order valence-corrected chi connectivity index (χ1v) is 7.16. The van der Waals surface area contributed by atoms with Crippen LogP contribution in [-0.2, 0) is 4.74 Å². The summed E-state index contributed by atoms with van der Waals surface area (Å²) in [6.45, 7) is 7.84. The highest BCUT2D eigenvalue weighted by Crippen LogP contribution is 2.28. The van der Waals surface area contributed by atoms with E-state index in [0.717, 1.165) is 18.6 Å². The number of nitrogens with zero attached hydrogens (tertiary/aromatic N) is 1. The van der Waals surface area contributed by atoms with Crippen LogP contribution in [0.1, 0.15) is 32.8 Å². The van der Waals surface area contributed by atoms with Crippen molar-refractivity contribution in [1.29, 1.82) is 0 Å². The first-order valence-electron chi connectivity index (χ1n) is 7.16. The van der Waals surface area contributed by atoms with Gasteiger partial charge in [-0.1, -0.05) is 19.0 Å². The largest absolute Gasteiger partial charge is 0.493 e. The Labute approximate surface area is 126 Å². The summed E-state index contributed by atoms with van der Waals surface area (Å²) in [5.41, 5.74) is 1.31. The lowest BCUT2D eigenvalue weighted by Crippen LogP contribution is -2.09. The van der Waals surface area contributed by atoms with E-state index in [-0.39, 0.29) is 0 Å². The molecule has 1 N–H and O–H groups in total. The van der Waals surface area contributed by atoms with Gasteiger partial charge in [-0.3, -0.25) is 0 Å². The van der Waals surface area contributed by atoms with Crippen molar-refractivity contribution >= 4 is 5.71 Å². The van der Waals surface area contributed by atoms with Gasteiger partial charge in [0, 0.05) is 12.2 Å². The van der Waals surface area contributed by atoms with E-state index < -0.39 is 0 Å². The fourth-order valence-corrected chi connectivity index (χ4v) is 1.70. The minimum atomic E-state index is 0.473. The first-order chi connectivity index (χ1) is 10.1. The summed E-state index contributed by atoms with van der Waals surface area (Å²) < 4.78 is 16.4. The van der Waals surface area contributed by atoms with Crippen molar-refractivity contribution in [2.45, 2.75) is 27.2 Å². The van der Waals surface area contributed by atoms with Crippen LogP contribution in [0.4, 0.5) is 0 Å². The van der Waals surface area contributed by atoms with E-state index in [9.17, 15) is 0 Å². The highest BCUT2D eigenvalue weighted by Gasteiger charge is 2.07. The van der Waals surface area contributed by atoms with Gasteiger partial charge in [0.2, 0.25) is 0 Å². The molecular weight excluding hydrogens is 270 g/mol. The van der Waals surface area contributed by atoms with E-state index in [1.165, 1.54) is 0 Å². The molecule has 1 aromatic carbocycles. The van der Waals surface area contributed by atoms with Gasteiger partial charge in [0.25, 0.3) is 0 Å². The summed E-state index contributed by atoms with van der Waals surface area (Å²) in [6, 6.07) is 5.41. The quantitative estimate of drug-likeness (QED) is 0.328. The van der Waals surface area contributed by atoms with Crippen molar-refractivity contribution in [3.8, 4) is 11.5 Å². The third kappa shape index (κ3) is 6.04. The van der Waals surface area contributed by atoms with Crippen molar-refractivity contribution < 1.29 is 19.4 Å². The number of hydrogen-bond donors (Lipinski definition) is 1. The van der Waals surface area contributed by atoms with Crippen molar-refractivity contribution in [2.75, 3.05) is 26.9 Å². The predicted octanol–water partition coefficient (Wildman–Crippen LogP) is 3.33. The van der Waals surface area contributed by atoms with Crippen molar-refractivity contribution in [3.63, 3.8) is 0 Å². The fraction of sp³-hybridized carbons (Fsp3) is 0.562. The van der Waals surface area contributed by atoms with Crippen LogP contribution >= 0.6 is 0 Å². The van der Waals surface area contributed by atoms with Gasteiger partial charge in [-0.05, 0) is 37.5 Å². The van der Waals surface area contributed by atoms with E-state index in [2.05, 4.69) is 19.0 Å². The molecule has 0 aromatic heterocycles. The molecule has 21 heavy (non-hydrogen) atoms. The van der Waals surface area contributed by atoms with Gasteiger partial charge >= 0.3 is 0 Å². The Morgan fingerprint density at radius 3 is 2.57 bits per heavy atom. The van der Waals surface area contributed by atoms with Gasteiger partial charge in [-0.25, -0.2) is 0 Å². The highest BCUT2D eigenvalue weighted by molar-refractivity contribution is 5.98. The molecule has 1 aromatic rings. The molecule has 0 bridgehead atoms. The van der Waals surface area contributed by atoms with Gasteiger partial charge in [-0.15, -0.1) is 0 Å². The van der Waals surface area contributed by atoms with E-state index in [0.29, 0.717) is 36.3 Å². The summed E-state index contributed by atoms with van der Waals surface area (Å²) in [5, 5.41) is 12.0. The molecule has 0 heterocycles. The zero-order valence-corrected chi connectivity index (χ0v) is 13.3. The predicted molar refractivity (Wildman–Crippen MR) is 82.8 cm³/mol. The molecule has 1 rings (SSSR count). The molecule has 0 aliphatic heterocycles. The van der Waals surface area contributed by atoms with Crippen molar-refractivity contribution in [2.24, 2.45) is 11.1 Å². The topological polar surface area (TPSA) is 60.3 Å². The zero-order valence-electron chi connectivity index (χ0n) is 13.3. The molecule has 5 heteroatoms. The smallest absolute Gasteiger partial charge is 0.161 e. The van der Waals surface area contributed by atoms with Crippen LogP contribution in [0.15, 0.2) is 23.4 Å². The summed E-state index contributed by atoms with van der Waals surface area (Å²) in [6.07, 6.45) is 1.05. The van der Waals surface area contributed by atoms with Crippen LogP contribution in [0.5, 0.6) is 11.5 Å².